The molecular weight excluding hydrogens is 251 g/mol. The molecule has 1 N–H and O–H groups in total. The van der Waals surface area contributed by atoms with E-state index in [1.165, 1.54) is 12.1 Å². The molecule has 1 saturated heterocycles. The standard InChI is InChI=1S/C11H12F3NOS/c12-11(13,14)17-10-3-1-8(2-4-10)15-9-5-6-16-7-9/h1-4,9,15H,5-7H2. The molecule has 0 radical (unpaired) electrons. The number of hydrogen-bond acceptors (Lipinski definition) is 3. The minimum absolute atomic E-state index is 0.100. The number of thioether (sulfide) groups is 1. The van der Waals surface area contributed by atoms with Crippen molar-refractivity contribution >= 4 is 17.4 Å². The second kappa shape index (κ2) is 5.18. The molecule has 1 aromatic carbocycles. The SMILES string of the molecule is FC(F)(F)Sc1ccc(NC2CCOC2)cc1. The smallest absolute Gasteiger partial charge is 0.380 e. The maximum atomic E-state index is 12.1. The van der Waals surface area contributed by atoms with Crippen LogP contribution < -0.4 is 5.32 Å². The Kier molecular flexibility index (Phi) is 3.83. The summed E-state index contributed by atoms with van der Waals surface area (Å²) in [6, 6.07) is 6.52. The van der Waals surface area contributed by atoms with Gasteiger partial charge in [-0.15, -0.1) is 0 Å². The van der Waals surface area contributed by atoms with Crippen molar-refractivity contribution in [3.8, 4) is 0 Å². The molecule has 0 saturated carbocycles. The molecule has 0 aliphatic carbocycles. The van der Waals surface area contributed by atoms with E-state index in [0.717, 1.165) is 18.7 Å². The van der Waals surface area contributed by atoms with Crippen LogP contribution >= 0.6 is 11.8 Å². The quantitative estimate of drug-likeness (QED) is 0.843. The molecule has 17 heavy (non-hydrogen) atoms. The number of ether oxygens (including phenoxy) is 1. The zero-order chi connectivity index (χ0) is 12.3. The van der Waals surface area contributed by atoms with E-state index >= 15 is 0 Å². The van der Waals surface area contributed by atoms with Crippen LogP contribution in [0.2, 0.25) is 0 Å². The summed E-state index contributed by atoms with van der Waals surface area (Å²) in [4.78, 5) is 0.200. The Morgan fingerprint density at radius 2 is 1.94 bits per heavy atom. The van der Waals surface area contributed by atoms with E-state index in [4.69, 9.17) is 4.74 Å². The molecule has 2 nitrogen and oxygen atoms in total. The van der Waals surface area contributed by atoms with Gasteiger partial charge >= 0.3 is 5.51 Å². The van der Waals surface area contributed by atoms with Gasteiger partial charge in [0.2, 0.25) is 0 Å². The van der Waals surface area contributed by atoms with Crippen molar-refractivity contribution in [1.29, 1.82) is 0 Å². The fourth-order valence-electron chi connectivity index (χ4n) is 1.64. The topological polar surface area (TPSA) is 21.3 Å². The molecule has 2 rings (SSSR count). The van der Waals surface area contributed by atoms with Crippen molar-refractivity contribution in [2.24, 2.45) is 0 Å². The Bertz CT molecular complexity index is 360. The number of rotatable bonds is 3. The molecule has 0 bridgehead atoms. The normalized spacial score (nSPS) is 20.5. The van der Waals surface area contributed by atoms with Crippen LogP contribution in [-0.2, 0) is 4.74 Å². The second-order valence-electron chi connectivity index (χ2n) is 3.78. The summed E-state index contributed by atoms with van der Waals surface area (Å²) in [5, 5.41) is 3.22. The Morgan fingerprint density at radius 1 is 1.24 bits per heavy atom. The average molecular weight is 263 g/mol. The van der Waals surface area contributed by atoms with Gasteiger partial charge in [0.05, 0.1) is 12.6 Å². The minimum Gasteiger partial charge on any atom is -0.380 e. The molecule has 0 spiro atoms. The average Bonchev–Trinajstić information content (AvgIpc) is 2.71. The molecule has 6 heteroatoms. The van der Waals surface area contributed by atoms with Gasteiger partial charge in [-0.1, -0.05) is 0 Å². The lowest BCUT2D eigenvalue weighted by molar-refractivity contribution is -0.0328. The van der Waals surface area contributed by atoms with Gasteiger partial charge in [-0.3, -0.25) is 0 Å². The van der Waals surface area contributed by atoms with E-state index in [1.807, 2.05) is 0 Å². The summed E-state index contributed by atoms with van der Waals surface area (Å²) < 4.78 is 41.5. The van der Waals surface area contributed by atoms with Gasteiger partial charge in [0.1, 0.15) is 0 Å². The van der Waals surface area contributed by atoms with Gasteiger partial charge in [-0.05, 0) is 42.4 Å². The van der Waals surface area contributed by atoms with E-state index in [2.05, 4.69) is 5.32 Å². The van der Waals surface area contributed by atoms with Gasteiger partial charge in [0, 0.05) is 17.2 Å². The maximum absolute atomic E-state index is 12.1. The summed E-state index contributed by atoms with van der Waals surface area (Å²) in [6.45, 7) is 1.39. The summed E-state index contributed by atoms with van der Waals surface area (Å²) >= 11 is -0.100. The largest absolute Gasteiger partial charge is 0.446 e. The van der Waals surface area contributed by atoms with Crippen molar-refractivity contribution in [1.82, 2.24) is 0 Å². The van der Waals surface area contributed by atoms with Crippen molar-refractivity contribution in [2.45, 2.75) is 22.9 Å². The monoisotopic (exact) mass is 263 g/mol. The number of benzene rings is 1. The molecular formula is C11H12F3NOS. The summed E-state index contributed by atoms with van der Waals surface area (Å²) in [5.41, 5.74) is -3.40. The number of nitrogens with one attached hydrogen (secondary N) is 1. The highest BCUT2D eigenvalue weighted by molar-refractivity contribution is 8.00. The lowest BCUT2D eigenvalue weighted by atomic mass is 10.2. The van der Waals surface area contributed by atoms with Crippen LogP contribution in [0.4, 0.5) is 18.9 Å². The van der Waals surface area contributed by atoms with Crippen LogP contribution in [0, 0.1) is 0 Å². The Balaban J connectivity index is 1.93. The van der Waals surface area contributed by atoms with Crippen molar-refractivity contribution in [3.05, 3.63) is 24.3 Å². The first-order valence-electron chi connectivity index (χ1n) is 5.23. The zero-order valence-electron chi connectivity index (χ0n) is 8.96. The Hall–Kier alpha value is -0.880. The highest BCUT2D eigenvalue weighted by Gasteiger charge is 2.29. The summed E-state index contributed by atoms with van der Waals surface area (Å²) in [6.07, 6.45) is 0.930. The lowest BCUT2D eigenvalue weighted by Gasteiger charge is -2.12. The predicted octanol–water partition coefficient (Wildman–Crippen LogP) is 3.50. The first kappa shape index (κ1) is 12.6. The zero-order valence-corrected chi connectivity index (χ0v) is 9.77. The third-order valence-corrected chi connectivity index (χ3v) is 3.13. The van der Waals surface area contributed by atoms with E-state index in [-0.39, 0.29) is 22.7 Å². The van der Waals surface area contributed by atoms with E-state index in [0.29, 0.717) is 6.61 Å². The minimum atomic E-state index is -4.23. The molecule has 0 amide bonds. The summed E-state index contributed by atoms with van der Waals surface area (Å²) in [7, 11) is 0. The van der Waals surface area contributed by atoms with Crippen LogP contribution in [0.3, 0.4) is 0 Å². The Morgan fingerprint density at radius 3 is 2.47 bits per heavy atom. The number of anilines is 1. The van der Waals surface area contributed by atoms with E-state index < -0.39 is 5.51 Å². The number of alkyl halides is 3. The second-order valence-corrected chi connectivity index (χ2v) is 4.92. The van der Waals surface area contributed by atoms with E-state index in [1.54, 1.807) is 12.1 Å². The molecule has 1 atom stereocenters. The van der Waals surface area contributed by atoms with Crippen molar-refractivity contribution < 1.29 is 17.9 Å². The predicted molar refractivity (Wildman–Crippen MR) is 61.2 cm³/mol. The van der Waals surface area contributed by atoms with Gasteiger partial charge < -0.3 is 10.1 Å². The molecule has 1 heterocycles. The number of halogens is 3. The third kappa shape index (κ3) is 4.12. The van der Waals surface area contributed by atoms with Crippen LogP contribution in [0.15, 0.2) is 29.2 Å². The molecule has 1 aliphatic heterocycles. The molecule has 0 aromatic heterocycles. The van der Waals surface area contributed by atoms with E-state index in [9.17, 15) is 13.2 Å². The fourth-order valence-corrected chi connectivity index (χ4v) is 2.18. The van der Waals surface area contributed by atoms with Gasteiger partial charge in [0.15, 0.2) is 0 Å². The van der Waals surface area contributed by atoms with Crippen LogP contribution in [0.1, 0.15) is 6.42 Å². The molecule has 1 fully saturated rings. The Labute approximate surface area is 102 Å². The van der Waals surface area contributed by atoms with Crippen LogP contribution in [0.25, 0.3) is 0 Å². The van der Waals surface area contributed by atoms with Gasteiger partial charge in [0.25, 0.3) is 0 Å². The molecule has 94 valence electrons. The van der Waals surface area contributed by atoms with Crippen LogP contribution in [0.5, 0.6) is 0 Å². The first-order chi connectivity index (χ1) is 8.03. The van der Waals surface area contributed by atoms with Crippen molar-refractivity contribution in [2.75, 3.05) is 18.5 Å². The lowest BCUT2D eigenvalue weighted by Crippen LogP contribution is -2.18. The highest BCUT2D eigenvalue weighted by atomic mass is 32.2. The number of hydrogen-bond donors (Lipinski definition) is 1. The molecule has 1 aliphatic rings. The highest BCUT2D eigenvalue weighted by Crippen LogP contribution is 2.37. The molecule has 1 aromatic rings. The van der Waals surface area contributed by atoms with Crippen LogP contribution in [-0.4, -0.2) is 24.8 Å². The van der Waals surface area contributed by atoms with Gasteiger partial charge in [-0.2, -0.15) is 13.2 Å². The maximum Gasteiger partial charge on any atom is 0.446 e. The third-order valence-electron chi connectivity index (χ3n) is 2.39. The molecule has 1 unspecified atom stereocenters. The summed E-state index contributed by atoms with van der Waals surface area (Å²) in [5.74, 6) is 0. The van der Waals surface area contributed by atoms with Crippen molar-refractivity contribution in [3.63, 3.8) is 0 Å². The van der Waals surface area contributed by atoms with Gasteiger partial charge in [-0.25, -0.2) is 0 Å². The fraction of sp³-hybridized carbons (Fsp3) is 0.455. The first-order valence-corrected chi connectivity index (χ1v) is 6.05.